The van der Waals surface area contributed by atoms with Crippen LogP contribution < -0.4 is 5.73 Å². The highest BCUT2D eigenvalue weighted by molar-refractivity contribution is 5.12. The summed E-state index contributed by atoms with van der Waals surface area (Å²) in [5, 5.41) is 4.55. The first-order chi connectivity index (χ1) is 8.41. The molecule has 104 valence electrons. The van der Waals surface area contributed by atoms with Gasteiger partial charge in [-0.05, 0) is 39.7 Å². The van der Waals surface area contributed by atoms with Gasteiger partial charge < -0.3 is 10.5 Å². The maximum Gasteiger partial charge on any atom is 0.0637 e. The molecule has 1 aromatic rings. The van der Waals surface area contributed by atoms with E-state index in [0.717, 1.165) is 31.5 Å². The van der Waals surface area contributed by atoms with Crippen LogP contribution >= 0.6 is 0 Å². The number of aromatic nitrogens is 2. The molecular weight excluding hydrogens is 226 g/mol. The van der Waals surface area contributed by atoms with E-state index >= 15 is 0 Å². The van der Waals surface area contributed by atoms with Crippen LogP contribution in [0.5, 0.6) is 0 Å². The zero-order chi connectivity index (χ0) is 13.8. The van der Waals surface area contributed by atoms with Crippen molar-refractivity contribution in [3.8, 4) is 0 Å². The van der Waals surface area contributed by atoms with Crippen LogP contribution in [0.3, 0.4) is 0 Å². The van der Waals surface area contributed by atoms with Crippen molar-refractivity contribution in [1.29, 1.82) is 0 Å². The van der Waals surface area contributed by atoms with Gasteiger partial charge in [-0.2, -0.15) is 5.10 Å². The lowest BCUT2D eigenvalue weighted by molar-refractivity contribution is 0.0101. The van der Waals surface area contributed by atoms with Gasteiger partial charge in [0.15, 0.2) is 0 Å². The lowest BCUT2D eigenvalue weighted by atomic mass is 9.96. The van der Waals surface area contributed by atoms with Crippen LogP contribution in [0.25, 0.3) is 0 Å². The quantitative estimate of drug-likeness (QED) is 0.810. The van der Waals surface area contributed by atoms with Gasteiger partial charge in [-0.15, -0.1) is 0 Å². The molecule has 0 aliphatic heterocycles. The van der Waals surface area contributed by atoms with Crippen molar-refractivity contribution in [2.75, 3.05) is 7.11 Å². The van der Waals surface area contributed by atoms with E-state index in [1.54, 1.807) is 7.11 Å². The number of rotatable bonds is 7. The van der Waals surface area contributed by atoms with Crippen molar-refractivity contribution < 1.29 is 4.74 Å². The van der Waals surface area contributed by atoms with Gasteiger partial charge in [-0.3, -0.25) is 4.68 Å². The minimum absolute atomic E-state index is 0.103. The molecule has 1 atom stereocenters. The van der Waals surface area contributed by atoms with E-state index in [1.165, 1.54) is 5.69 Å². The van der Waals surface area contributed by atoms with Crippen molar-refractivity contribution in [3.05, 3.63) is 17.5 Å². The minimum atomic E-state index is -0.163. The molecule has 4 heteroatoms. The number of nitrogens with two attached hydrogens (primary N) is 1. The van der Waals surface area contributed by atoms with E-state index in [9.17, 15) is 0 Å². The van der Waals surface area contributed by atoms with Gasteiger partial charge in [-0.25, -0.2) is 0 Å². The molecule has 0 spiro atoms. The molecular formula is C14H27N3O. The van der Waals surface area contributed by atoms with Crippen LogP contribution in [-0.4, -0.2) is 28.5 Å². The average molecular weight is 253 g/mol. The predicted molar refractivity (Wildman–Crippen MR) is 74.7 cm³/mol. The summed E-state index contributed by atoms with van der Waals surface area (Å²) in [4.78, 5) is 0. The van der Waals surface area contributed by atoms with Crippen LogP contribution in [0.4, 0.5) is 0 Å². The number of ether oxygens (including phenoxy) is 1. The molecule has 1 aromatic heterocycles. The largest absolute Gasteiger partial charge is 0.379 e. The summed E-state index contributed by atoms with van der Waals surface area (Å²) in [6.07, 6.45) is 2.67. The first kappa shape index (κ1) is 15.2. The maximum absolute atomic E-state index is 6.22. The van der Waals surface area contributed by atoms with E-state index in [4.69, 9.17) is 10.5 Å². The highest BCUT2D eigenvalue weighted by Crippen LogP contribution is 2.17. The van der Waals surface area contributed by atoms with Crippen LogP contribution in [0.1, 0.15) is 45.5 Å². The Labute approximate surface area is 111 Å². The van der Waals surface area contributed by atoms with E-state index in [-0.39, 0.29) is 11.6 Å². The Morgan fingerprint density at radius 2 is 2.11 bits per heavy atom. The number of hydrogen-bond acceptors (Lipinski definition) is 3. The first-order valence-electron chi connectivity index (χ1n) is 6.78. The van der Waals surface area contributed by atoms with Crippen molar-refractivity contribution in [1.82, 2.24) is 9.78 Å². The van der Waals surface area contributed by atoms with Crippen molar-refractivity contribution in [2.45, 2.75) is 65.1 Å². The fraction of sp³-hybridized carbons (Fsp3) is 0.786. The third kappa shape index (κ3) is 4.10. The minimum Gasteiger partial charge on any atom is -0.379 e. The lowest BCUT2D eigenvalue weighted by Crippen LogP contribution is -2.35. The zero-order valence-corrected chi connectivity index (χ0v) is 12.4. The van der Waals surface area contributed by atoms with Gasteiger partial charge in [0, 0.05) is 31.8 Å². The van der Waals surface area contributed by atoms with Gasteiger partial charge in [0.2, 0.25) is 0 Å². The number of methoxy groups -OCH3 is 1. The fourth-order valence-corrected chi connectivity index (χ4v) is 2.18. The second-order valence-corrected chi connectivity index (χ2v) is 5.43. The number of nitrogens with zero attached hydrogens (tertiary/aromatic N) is 2. The molecule has 0 radical (unpaired) electrons. The standard InChI is InChI=1S/C14H27N3O/c1-6-12-9-13(17(7-2)16-12)8-11(15)10-14(3,4)18-5/h9,11H,6-8,10,15H2,1-5H3. The summed E-state index contributed by atoms with van der Waals surface area (Å²) in [7, 11) is 1.73. The molecule has 2 N–H and O–H groups in total. The Kier molecular flexibility index (Phi) is 5.35. The normalized spacial score (nSPS) is 13.9. The predicted octanol–water partition coefficient (Wildman–Crippen LogP) is 2.15. The molecule has 0 saturated carbocycles. The zero-order valence-electron chi connectivity index (χ0n) is 12.4. The van der Waals surface area contributed by atoms with Gasteiger partial charge in [0.25, 0.3) is 0 Å². The summed E-state index contributed by atoms with van der Waals surface area (Å²) in [6, 6.07) is 2.27. The van der Waals surface area contributed by atoms with Gasteiger partial charge in [-0.1, -0.05) is 6.92 Å². The fourth-order valence-electron chi connectivity index (χ4n) is 2.18. The van der Waals surface area contributed by atoms with Crippen molar-refractivity contribution in [3.63, 3.8) is 0 Å². The molecule has 0 bridgehead atoms. The summed E-state index contributed by atoms with van der Waals surface area (Å²) >= 11 is 0. The molecule has 0 fully saturated rings. The van der Waals surface area contributed by atoms with E-state index in [1.807, 2.05) is 0 Å². The number of aryl methyl sites for hydroxylation is 2. The van der Waals surface area contributed by atoms with E-state index in [0.29, 0.717) is 0 Å². The second kappa shape index (κ2) is 6.34. The Bertz CT molecular complexity index is 371. The second-order valence-electron chi connectivity index (χ2n) is 5.43. The van der Waals surface area contributed by atoms with Gasteiger partial charge in [0.05, 0.1) is 11.3 Å². The molecule has 0 amide bonds. The molecule has 0 aliphatic rings. The lowest BCUT2D eigenvalue weighted by Gasteiger charge is -2.26. The Balaban J connectivity index is 2.69. The topological polar surface area (TPSA) is 53.1 Å². The highest BCUT2D eigenvalue weighted by atomic mass is 16.5. The van der Waals surface area contributed by atoms with Crippen molar-refractivity contribution >= 4 is 0 Å². The Hall–Kier alpha value is -0.870. The Morgan fingerprint density at radius 1 is 1.44 bits per heavy atom. The van der Waals surface area contributed by atoms with Crippen LogP contribution in [0.15, 0.2) is 6.07 Å². The smallest absolute Gasteiger partial charge is 0.0637 e. The molecule has 0 aliphatic carbocycles. The third-order valence-electron chi connectivity index (χ3n) is 3.35. The Morgan fingerprint density at radius 3 is 2.61 bits per heavy atom. The van der Waals surface area contributed by atoms with Crippen LogP contribution in [-0.2, 0) is 24.1 Å². The highest BCUT2D eigenvalue weighted by Gasteiger charge is 2.21. The molecule has 0 aromatic carbocycles. The maximum atomic E-state index is 6.22. The number of hydrogen-bond donors (Lipinski definition) is 1. The molecule has 0 saturated heterocycles. The third-order valence-corrected chi connectivity index (χ3v) is 3.35. The van der Waals surface area contributed by atoms with Gasteiger partial charge >= 0.3 is 0 Å². The summed E-state index contributed by atoms with van der Waals surface area (Å²) < 4.78 is 7.48. The summed E-state index contributed by atoms with van der Waals surface area (Å²) in [6.45, 7) is 9.28. The SMILES string of the molecule is CCc1cc(CC(N)CC(C)(C)OC)n(CC)n1. The van der Waals surface area contributed by atoms with Crippen LogP contribution in [0.2, 0.25) is 0 Å². The van der Waals surface area contributed by atoms with E-state index in [2.05, 4.69) is 43.5 Å². The average Bonchev–Trinajstić information content (AvgIpc) is 2.70. The monoisotopic (exact) mass is 253 g/mol. The summed E-state index contributed by atoms with van der Waals surface area (Å²) in [5.41, 5.74) is 8.43. The van der Waals surface area contributed by atoms with E-state index < -0.39 is 0 Å². The first-order valence-corrected chi connectivity index (χ1v) is 6.78. The molecule has 1 unspecified atom stereocenters. The van der Waals surface area contributed by atoms with Crippen LogP contribution in [0, 0.1) is 0 Å². The molecule has 1 heterocycles. The molecule has 18 heavy (non-hydrogen) atoms. The molecule has 1 rings (SSSR count). The molecule has 4 nitrogen and oxygen atoms in total. The van der Waals surface area contributed by atoms with Crippen molar-refractivity contribution in [2.24, 2.45) is 5.73 Å². The summed E-state index contributed by atoms with van der Waals surface area (Å²) in [5.74, 6) is 0. The van der Waals surface area contributed by atoms with Gasteiger partial charge in [0.1, 0.15) is 0 Å².